The van der Waals surface area contributed by atoms with E-state index in [9.17, 15) is 0 Å². The molecule has 1 saturated heterocycles. The molecule has 3 nitrogen and oxygen atoms in total. The monoisotopic (exact) mass is 288 g/mol. The highest BCUT2D eigenvalue weighted by Crippen LogP contribution is 2.20. The van der Waals surface area contributed by atoms with E-state index in [-0.39, 0.29) is 0 Å². The molecule has 1 aromatic rings. The van der Waals surface area contributed by atoms with Gasteiger partial charge in [-0.3, -0.25) is 4.90 Å². The molecule has 1 saturated carbocycles. The number of likely N-dealkylation sites (tertiary alicyclic amines) is 1. The first-order chi connectivity index (χ1) is 10.3. The molecule has 1 unspecified atom stereocenters. The summed E-state index contributed by atoms with van der Waals surface area (Å²) in [6, 6.07) is 10.00. The van der Waals surface area contributed by atoms with Crippen molar-refractivity contribution in [1.29, 1.82) is 0 Å². The summed E-state index contributed by atoms with van der Waals surface area (Å²) < 4.78 is 5.95. The number of hydrogen-bond acceptors (Lipinski definition) is 3. The van der Waals surface area contributed by atoms with Gasteiger partial charge in [0.1, 0.15) is 12.4 Å². The van der Waals surface area contributed by atoms with Crippen molar-refractivity contribution in [2.24, 2.45) is 0 Å². The molecule has 3 heteroatoms. The molecule has 0 spiro atoms. The molecule has 0 radical (unpaired) electrons. The minimum atomic E-state index is 0.719. The van der Waals surface area contributed by atoms with Crippen LogP contribution in [0.1, 0.15) is 44.6 Å². The van der Waals surface area contributed by atoms with Gasteiger partial charge in [0.2, 0.25) is 0 Å². The van der Waals surface area contributed by atoms with Crippen LogP contribution < -0.4 is 10.1 Å². The van der Waals surface area contributed by atoms with Crippen LogP contribution in [-0.2, 0) is 6.54 Å². The Balaban J connectivity index is 1.42. The average molecular weight is 288 g/mol. The van der Waals surface area contributed by atoms with E-state index in [1.54, 1.807) is 0 Å². The number of ether oxygens (including phenoxy) is 1. The molecule has 1 heterocycles. The van der Waals surface area contributed by atoms with E-state index in [2.05, 4.69) is 41.4 Å². The summed E-state index contributed by atoms with van der Waals surface area (Å²) in [5.74, 6) is 1.01. The van der Waals surface area contributed by atoms with E-state index in [0.717, 1.165) is 37.5 Å². The molecule has 116 valence electrons. The van der Waals surface area contributed by atoms with E-state index in [1.165, 1.54) is 44.2 Å². The molecular formula is C18H28N2O. The first-order valence-electron chi connectivity index (χ1n) is 8.50. The van der Waals surface area contributed by atoms with Gasteiger partial charge < -0.3 is 10.1 Å². The third-order valence-electron chi connectivity index (χ3n) is 4.66. The molecular weight excluding hydrogens is 260 g/mol. The lowest BCUT2D eigenvalue weighted by Crippen LogP contribution is -2.39. The fraction of sp³-hybridized carbons (Fsp3) is 0.667. The van der Waals surface area contributed by atoms with E-state index < -0.39 is 0 Å². The molecule has 2 aliphatic rings. The van der Waals surface area contributed by atoms with Crippen LogP contribution >= 0.6 is 0 Å². The van der Waals surface area contributed by atoms with E-state index in [0.29, 0.717) is 0 Å². The Hall–Kier alpha value is -1.06. The lowest BCUT2D eigenvalue weighted by Gasteiger charge is -2.33. The summed E-state index contributed by atoms with van der Waals surface area (Å²) in [6.45, 7) is 6.37. The second kappa shape index (κ2) is 7.28. The average Bonchev–Trinajstić information content (AvgIpc) is 3.32. The largest absolute Gasteiger partial charge is 0.492 e. The van der Waals surface area contributed by atoms with Gasteiger partial charge in [-0.15, -0.1) is 0 Å². The van der Waals surface area contributed by atoms with Crippen LogP contribution in [0.4, 0.5) is 0 Å². The molecule has 1 aliphatic carbocycles. The molecule has 0 amide bonds. The van der Waals surface area contributed by atoms with Crippen molar-refractivity contribution in [1.82, 2.24) is 10.2 Å². The predicted octanol–water partition coefficient (Wildman–Crippen LogP) is 3.19. The molecule has 1 N–H and O–H groups in total. The van der Waals surface area contributed by atoms with Crippen LogP contribution in [0.15, 0.2) is 24.3 Å². The van der Waals surface area contributed by atoms with Crippen LogP contribution in [0.5, 0.6) is 5.75 Å². The quantitative estimate of drug-likeness (QED) is 0.834. The first kappa shape index (κ1) is 14.9. The highest BCUT2D eigenvalue weighted by molar-refractivity contribution is 5.28. The van der Waals surface area contributed by atoms with Gasteiger partial charge in [0, 0.05) is 25.2 Å². The number of rotatable bonds is 7. The van der Waals surface area contributed by atoms with Crippen molar-refractivity contribution >= 4 is 0 Å². The number of nitrogens with one attached hydrogen (secondary N) is 1. The molecule has 1 aliphatic heterocycles. The van der Waals surface area contributed by atoms with Crippen molar-refractivity contribution in [3.05, 3.63) is 29.8 Å². The zero-order chi connectivity index (χ0) is 14.5. The van der Waals surface area contributed by atoms with Gasteiger partial charge in [-0.1, -0.05) is 18.6 Å². The van der Waals surface area contributed by atoms with Gasteiger partial charge in [-0.25, -0.2) is 0 Å². The molecule has 3 rings (SSSR count). The molecule has 1 atom stereocenters. The van der Waals surface area contributed by atoms with Gasteiger partial charge in [-0.2, -0.15) is 0 Å². The summed E-state index contributed by atoms with van der Waals surface area (Å²) in [5, 5.41) is 3.55. The van der Waals surface area contributed by atoms with Crippen LogP contribution in [0, 0.1) is 0 Å². The fourth-order valence-corrected chi connectivity index (χ4v) is 3.07. The third kappa shape index (κ3) is 4.72. The first-order valence-corrected chi connectivity index (χ1v) is 8.50. The zero-order valence-electron chi connectivity index (χ0n) is 13.2. The number of hydrogen-bond donors (Lipinski definition) is 1. The minimum Gasteiger partial charge on any atom is -0.492 e. The number of benzene rings is 1. The van der Waals surface area contributed by atoms with Crippen molar-refractivity contribution in [3.8, 4) is 5.75 Å². The maximum absolute atomic E-state index is 5.95. The Kier molecular flexibility index (Phi) is 5.15. The van der Waals surface area contributed by atoms with E-state index in [4.69, 9.17) is 4.74 Å². The maximum Gasteiger partial charge on any atom is 0.119 e. The molecule has 2 fully saturated rings. The summed E-state index contributed by atoms with van der Waals surface area (Å²) in [7, 11) is 0. The Morgan fingerprint density at radius 2 is 2.14 bits per heavy atom. The smallest absolute Gasteiger partial charge is 0.119 e. The van der Waals surface area contributed by atoms with Gasteiger partial charge in [0.25, 0.3) is 0 Å². The Bertz CT molecular complexity index is 445. The molecule has 21 heavy (non-hydrogen) atoms. The molecule has 0 bridgehead atoms. The maximum atomic E-state index is 5.95. The van der Waals surface area contributed by atoms with Crippen LogP contribution in [-0.4, -0.2) is 36.7 Å². The van der Waals surface area contributed by atoms with Crippen LogP contribution in [0.25, 0.3) is 0 Å². The van der Waals surface area contributed by atoms with Crippen molar-refractivity contribution < 1.29 is 4.74 Å². The minimum absolute atomic E-state index is 0.719. The van der Waals surface area contributed by atoms with Crippen LogP contribution in [0.3, 0.4) is 0 Å². The second-order valence-corrected chi connectivity index (χ2v) is 6.53. The van der Waals surface area contributed by atoms with E-state index >= 15 is 0 Å². The summed E-state index contributed by atoms with van der Waals surface area (Å²) in [4.78, 5) is 2.56. The lowest BCUT2D eigenvalue weighted by atomic mass is 10.0. The predicted molar refractivity (Wildman–Crippen MR) is 86.7 cm³/mol. The summed E-state index contributed by atoms with van der Waals surface area (Å²) in [6.07, 6.45) is 6.73. The van der Waals surface area contributed by atoms with Gasteiger partial charge in [0.05, 0.1) is 0 Å². The Morgan fingerprint density at radius 3 is 2.95 bits per heavy atom. The SMILES string of the molecule is CC1CCCCN1CCOc1cccc(CNC2CC2)c1. The number of nitrogens with zero attached hydrogens (tertiary/aromatic N) is 1. The summed E-state index contributed by atoms with van der Waals surface area (Å²) in [5.41, 5.74) is 1.32. The fourth-order valence-electron chi connectivity index (χ4n) is 3.07. The topological polar surface area (TPSA) is 24.5 Å². The van der Waals surface area contributed by atoms with Gasteiger partial charge >= 0.3 is 0 Å². The van der Waals surface area contributed by atoms with Gasteiger partial charge in [-0.05, 0) is 56.8 Å². The third-order valence-corrected chi connectivity index (χ3v) is 4.66. The van der Waals surface area contributed by atoms with Crippen molar-refractivity contribution in [2.75, 3.05) is 19.7 Å². The standard InChI is InChI=1S/C18H28N2O/c1-15-5-2-3-10-20(15)11-12-21-18-7-4-6-16(13-18)14-19-17-8-9-17/h4,6-7,13,15,17,19H,2-3,5,8-12,14H2,1H3. The molecule has 0 aromatic heterocycles. The Labute approximate surface area is 128 Å². The summed E-state index contributed by atoms with van der Waals surface area (Å²) >= 11 is 0. The lowest BCUT2D eigenvalue weighted by molar-refractivity contribution is 0.133. The highest BCUT2D eigenvalue weighted by Gasteiger charge is 2.20. The number of piperidine rings is 1. The Morgan fingerprint density at radius 1 is 1.24 bits per heavy atom. The zero-order valence-corrected chi connectivity index (χ0v) is 13.2. The van der Waals surface area contributed by atoms with Gasteiger partial charge in [0.15, 0.2) is 0 Å². The van der Waals surface area contributed by atoms with Crippen molar-refractivity contribution in [3.63, 3.8) is 0 Å². The van der Waals surface area contributed by atoms with E-state index in [1.807, 2.05) is 0 Å². The molecule has 1 aromatic carbocycles. The second-order valence-electron chi connectivity index (χ2n) is 6.53. The van der Waals surface area contributed by atoms with Crippen LogP contribution in [0.2, 0.25) is 0 Å². The normalized spacial score (nSPS) is 23.2. The highest BCUT2D eigenvalue weighted by atomic mass is 16.5. The van der Waals surface area contributed by atoms with Crippen molar-refractivity contribution in [2.45, 2.75) is 57.7 Å².